The quantitative estimate of drug-likeness (QED) is 0.551. The third kappa shape index (κ3) is 3.70. The molecule has 0 saturated heterocycles. The van der Waals surface area contributed by atoms with E-state index >= 15 is 0 Å². The van der Waals surface area contributed by atoms with Crippen LogP contribution < -0.4 is 0 Å². The average Bonchev–Trinajstić information content (AvgIpc) is 2.14. The summed E-state index contributed by atoms with van der Waals surface area (Å²) in [4.78, 5) is 0. The second kappa shape index (κ2) is 5.67. The SMILES string of the molecule is CCC(CC)(CC)CC(C)C(C)C. The van der Waals surface area contributed by atoms with Crippen LogP contribution in [0.5, 0.6) is 0 Å². The maximum Gasteiger partial charge on any atom is -0.0303 e. The van der Waals surface area contributed by atoms with Gasteiger partial charge in [-0.3, -0.25) is 0 Å². The molecule has 0 amide bonds. The van der Waals surface area contributed by atoms with Gasteiger partial charge in [-0.15, -0.1) is 0 Å². The molecule has 0 bridgehead atoms. The van der Waals surface area contributed by atoms with E-state index in [0.29, 0.717) is 5.41 Å². The summed E-state index contributed by atoms with van der Waals surface area (Å²) in [7, 11) is 0. The van der Waals surface area contributed by atoms with Gasteiger partial charge in [-0.25, -0.2) is 0 Å². The summed E-state index contributed by atoms with van der Waals surface area (Å²) in [5.41, 5.74) is 0.629. The highest BCUT2D eigenvalue weighted by Gasteiger charge is 2.26. The minimum absolute atomic E-state index is 0.629. The zero-order valence-corrected chi connectivity index (χ0v) is 10.5. The molecule has 0 N–H and O–H groups in total. The summed E-state index contributed by atoms with van der Waals surface area (Å²) in [6, 6.07) is 0. The lowest BCUT2D eigenvalue weighted by molar-refractivity contribution is 0.170. The summed E-state index contributed by atoms with van der Waals surface area (Å²) >= 11 is 0. The Balaban J connectivity index is 4.24. The molecule has 1 unspecified atom stereocenters. The van der Waals surface area contributed by atoms with Crippen LogP contribution in [0.15, 0.2) is 0 Å². The molecule has 0 saturated carbocycles. The molecule has 0 heterocycles. The number of hydrogen-bond acceptors (Lipinski definition) is 0. The van der Waals surface area contributed by atoms with Crippen molar-refractivity contribution >= 4 is 0 Å². The van der Waals surface area contributed by atoms with Crippen molar-refractivity contribution < 1.29 is 0 Å². The minimum Gasteiger partial charge on any atom is -0.0649 e. The van der Waals surface area contributed by atoms with E-state index in [4.69, 9.17) is 0 Å². The Labute approximate surface area is 85.1 Å². The summed E-state index contributed by atoms with van der Waals surface area (Å²) < 4.78 is 0. The molecule has 0 aliphatic carbocycles. The van der Waals surface area contributed by atoms with E-state index in [1.165, 1.54) is 25.7 Å². The van der Waals surface area contributed by atoms with E-state index in [2.05, 4.69) is 41.5 Å². The van der Waals surface area contributed by atoms with E-state index in [9.17, 15) is 0 Å². The second-order valence-electron chi connectivity index (χ2n) is 4.99. The minimum atomic E-state index is 0.629. The first-order valence-corrected chi connectivity index (χ1v) is 6.01. The molecule has 0 radical (unpaired) electrons. The molecular weight excluding hydrogens is 156 g/mol. The number of hydrogen-bond donors (Lipinski definition) is 0. The molecular formula is C13H28. The van der Waals surface area contributed by atoms with Gasteiger partial charge in [0, 0.05) is 0 Å². The Kier molecular flexibility index (Phi) is 5.67. The Morgan fingerprint density at radius 2 is 1.23 bits per heavy atom. The van der Waals surface area contributed by atoms with Gasteiger partial charge in [-0.1, -0.05) is 60.8 Å². The van der Waals surface area contributed by atoms with Gasteiger partial charge in [0.25, 0.3) is 0 Å². The molecule has 0 rings (SSSR count). The predicted molar refractivity (Wildman–Crippen MR) is 61.9 cm³/mol. The van der Waals surface area contributed by atoms with Crippen LogP contribution in [0.1, 0.15) is 67.2 Å². The lowest BCUT2D eigenvalue weighted by atomic mass is 9.71. The van der Waals surface area contributed by atoms with Crippen LogP contribution in [0.25, 0.3) is 0 Å². The fourth-order valence-corrected chi connectivity index (χ4v) is 2.10. The van der Waals surface area contributed by atoms with Crippen LogP contribution in [0, 0.1) is 17.3 Å². The third-order valence-corrected chi connectivity index (χ3v) is 4.14. The monoisotopic (exact) mass is 184 g/mol. The highest BCUT2D eigenvalue weighted by Crippen LogP contribution is 2.38. The van der Waals surface area contributed by atoms with Crippen LogP contribution >= 0.6 is 0 Å². The van der Waals surface area contributed by atoms with Crippen molar-refractivity contribution in [3.8, 4) is 0 Å². The van der Waals surface area contributed by atoms with E-state index < -0.39 is 0 Å². The third-order valence-electron chi connectivity index (χ3n) is 4.14. The lowest BCUT2D eigenvalue weighted by Gasteiger charge is -2.34. The Hall–Kier alpha value is 0. The fourth-order valence-electron chi connectivity index (χ4n) is 2.10. The van der Waals surface area contributed by atoms with Gasteiger partial charge >= 0.3 is 0 Å². The summed E-state index contributed by atoms with van der Waals surface area (Å²) in [6.07, 6.45) is 5.44. The normalized spacial score (nSPS) is 15.0. The molecule has 0 aromatic heterocycles. The zero-order valence-electron chi connectivity index (χ0n) is 10.5. The van der Waals surface area contributed by atoms with Crippen LogP contribution in [0.3, 0.4) is 0 Å². The first-order chi connectivity index (χ1) is 6.01. The summed E-state index contributed by atoms with van der Waals surface area (Å²) in [5.74, 6) is 1.71. The predicted octanol–water partition coefficient (Wildman–Crippen LogP) is 4.89. The van der Waals surface area contributed by atoms with Crippen LogP contribution in [-0.2, 0) is 0 Å². The first-order valence-electron chi connectivity index (χ1n) is 6.01. The lowest BCUT2D eigenvalue weighted by Crippen LogP contribution is -2.23. The van der Waals surface area contributed by atoms with Crippen LogP contribution in [0.4, 0.5) is 0 Å². The molecule has 0 heteroatoms. The van der Waals surface area contributed by atoms with Crippen LogP contribution in [0.2, 0.25) is 0 Å². The van der Waals surface area contributed by atoms with E-state index in [0.717, 1.165) is 11.8 Å². The molecule has 0 fully saturated rings. The fraction of sp³-hybridized carbons (Fsp3) is 1.00. The largest absolute Gasteiger partial charge is 0.0649 e. The van der Waals surface area contributed by atoms with Gasteiger partial charge in [0.1, 0.15) is 0 Å². The molecule has 0 aliphatic heterocycles. The van der Waals surface area contributed by atoms with Crippen molar-refractivity contribution in [1.29, 1.82) is 0 Å². The Morgan fingerprint density at radius 3 is 1.46 bits per heavy atom. The van der Waals surface area contributed by atoms with E-state index in [1.54, 1.807) is 0 Å². The van der Waals surface area contributed by atoms with Crippen molar-refractivity contribution in [2.24, 2.45) is 17.3 Å². The van der Waals surface area contributed by atoms with Crippen molar-refractivity contribution in [1.82, 2.24) is 0 Å². The van der Waals surface area contributed by atoms with Gasteiger partial charge in [0.15, 0.2) is 0 Å². The first kappa shape index (κ1) is 13.0. The van der Waals surface area contributed by atoms with Crippen molar-refractivity contribution in [2.75, 3.05) is 0 Å². The molecule has 0 aromatic rings. The van der Waals surface area contributed by atoms with Gasteiger partial charge in [-0.05, 0) is 23.7 Å². The second-order valence-corrected chi connectivity index (χ2v) is 4.99. The molecule has 1 atom stereocenters. The molecule has 0 spiro atoms. The van der Waals surface area contributed by atoms with Gasteiger partial charge in [0.05, 0.1) is 0 Å². The smallest absolute Gasteiger partial charge is 0.0303 e. The van der Waals surface area contributed by atoms with Gasteiger partial charge in [-0.2, -0.15) is 0 Å². The Bertz CT molecular complexity index is 112. The number of rotatable bonds is 6. The highest BCUT2D eigenvalue weighted by atomic mass is 14.3. The maximum atomic E-state index is 2.40. The standard InChI is InChI=1S/C13H28/c1-7-13(8-2,9-3)10-12(6)11(4)5/h11-12H,7-10H2,1-6H3. The molecule has 80 valence electrons. The summed E-state index contributed by atoms with van der Waals surface area (Å²) in [6.45, 7) is 14.1. The molecule has 0 aromatic carbocycles. The highest BCUT2D eigenvalue weighted by molar-refractivity contribution is 4.78. The van der Waals surface area contributed by atoms with Crippen molar-refractivity contribution in [2.45, 2.75) is 67.2 Å². The molecule has 0 nitrogen and oxygen atoms in total. The van der Waals surface area contributed by atoms with Crippen molar-refractivity contribution in [3.05, 3.63) is 0 Å². The molecule has 13 heavy (non-hydrogen) atoms. The molecule has 0 aliphatic rings. The average molecular weight is 184 g/mol. The topological polar surface area (TPSA) is 0 Å². The van der Waals surface area contributed by atoms with Gasteiger partial charge < -0.3 is 0 Å². The van der Waals surface area contributed by atoms with Crippen LogP contribution in [-0.4, -0.2) is 0 Å². The zero-order chi connectivity index (χ0) is 10.5. The van der Waals surface area contributed by atoms with Crippen molar-refractivity contribution in [3.63, 3.8) is 0 Å². The summed E-state index contributed by atoms with van der Waals surface area (Å²) in [5, 5.41) is 0. The van der Waals surface area contributed by atoms with E-state index in [-0.39, 0.29) is 0 Å². The Morgan fingerprint density at radius 1 is 0.846 bits per heavy atom. The van der Waals surface area contributed by atoms with Gasteiger partial charge in [0.2, 0.25) is 0 Å². The maximum absolute atomic E-state index is 2.40. The van der Waals surface area contributed by atoms with E-state index in [1.807, 2.05) is 0 Å².